The molecule has 0 fully saturated rings. The third-order valence-corrected chi connectivity index (χ3v) is 1.86. The highest BCUT2D eigenvalue weighted by Gasteiger charge is 1.97. The van der Waals surface area contributed by atoms with Crippen molar-refractivity contribution in [3.63, 3.8) is 0 Å². The van der Waals surface area contributed by atoms with Gasteiger partial charge in [-0.15, -0.1) is 0 Å². The molecule has 0 bridgehead atoms. The van der Waals surface area contributed by atoms with Crippen LogP contribution in [0.1, 0.15) is 26.3 Å². The number of hydrogen-bond donors (Lipinski definition) is 0. The standard InChI is InChI=1S/C14H17N/c1-11(2)9-14(10-12(3)4)13-5-7-15-8-6-13/h5-10H,1H2,2-4H3/b14-9+. The van der Waals surface area contributed by atoms with Crippen LogP contribution < -0.4 is 0 Å². The van der Waals surface area contributed by atoms with Crippen LogP contribution in [0.4, 0.5) is 0 Å². The van der Waals surface area contributed by atoms with Gasteiger partial charge in [0.05, 0.1) is 0 Å². The highest BCUT2D eigenvalue weighted by molar-refractivity contribution is 5.76. The fraction of sp³-hybridized carbons (Fsp3) is 0.214. The normalized spacial score (nSPS) is 11.0. The molecular formula is C14H17N. The zero-order chi connectivity index (χ0) is 11.3. The summed E-state index contributed by atoms with van der Waals surface area (Å²) in [5.41, 5.74) is 4.69. The molecule has 0 unspecified atom stereocenters. The van der Waals surface area contributed by atoms with E-state index in [2.05, 4.69) is 37.6 Å². The summed E-state index contributed by atoms with van der Waals surface area (Å²) in [5, 5.41) is 0. The van der Waals surface area contributed by atoms with Crippen LogP contribution in [0.5, 0.6) is 0 Å². The maximum Gasteiger partial charge on any atom is 0.0273 e. The summed E-state index contributed by atoms with van der Waals surface area (Å²) >= 11 is 0. The van der Waals surface area contributed by atoms with E-state index in [-0.39, 0.29) is 0 Å². The van der Waals surface area contributed by atoms with E-state index in [1.54, 1.807) is 12.4 Å². The Morgan fingerprint density at radius 1 is 1.13 bits per heavy atom. The van der Waals surface area contributed by atoms with Crippen molar-refractivity contribution in [1.29, 1.82) is 0 Å². The SMILES string of the molecule is C=C(C)/C=C(\C=C(C)C)c1ccncc1. The van der Waals surface area contributed by atoms with Crippen molar-refractivity contribution >= 4 is 5.57 Å². The predicted octanol–water partition coefficient (Wildman–Crippen LogP) is 4.01. The minimum atomic E-state index is 1.05. The van der Waals surface area contributed by atoms with E-state index in [9.17, 15) is 0 Å². The van der Waals surface area contributed by atoms with E-state index < -0.39 is 0 Å². The van der Waals surface area contributed by atoms with Crippen molar-refractivity contribution in [3.05, 3.63) is 60.0 Å². The molecule has 0 amide bonds. The molecule has 0 aliphatic rings. The van der Waals surface area contributed by atoms with Crippen LogP contribution in [-0.4, -0.2) is 4.98 Å². The Kier molecular flexibility index (Phi) is 4.04. The third kappa shape index (κ3) is 3.94. The topological polar surface area (TPSA) is 12.9 Å². The lowest BCUT2D eigenvalue weighted by atomic mass is 10.0. The average molecular weight is 199 g/mol. The Morgan fingerprint density at radius 2 is 1.73 bits per heavy atom. The Morgan fingerprint density at radius 3 is 2.20 bits per heavy atom. The van der Waals surface area contributed by atoms with E-state index in [0.717, 1.165) is 5.57 Å². The average Bonchev–Trinajstić information content (AvgIpc) is 2.17. The molecule has 1 nitrogen and oxygen atoms in total. The van der Waals surface area contributed by atoms with Crippen molar-refractivity contribution in [2.24, 2.45) is 0 Å². The van der Waals surface area contributed by atoms with Gasteiger partial charge < -0.3 is 0 Å². The summed E-state index contributed by atoms with van der Waals surface area (Å²) in [6.45, 7) is 10.1. The predicted molar refractivity (Wildman–Crippen MR) is 66.5 cm³/mol. The van der Waals surface area contributed by atoms with E-state index in [0.29, 0.717) is 0 Å². The van der Waals surface area contributed by atoms with Gasteiger partial charge in [0.15, 0.2) is 0 Å². The Balaban J connectivity index is 3.14. The molecule has 1 heteroatoms. The Hall–Kier alpha value is -1.63. The monoisotopic (exact) mass is 199 g/mol. The Bertz CT molecular complexity index is 393. The van der Waals surface area contributed by atoms with E-state index in [1.165, 1.54) is 16.7 Å². The van der Waals surface area contributed by atoms with Gasteiger partial charge in [0.1, 0.15) is 0 Å². The molecule has 0 N–H and O–H groups in total. The fourth-order valence-corrected chi connectivity index (χ4v) is 1.33. The van der Waals surface area contributed by atoms with Crippen LogP contribution in [0.2, 0.25) is 0 Å². The minimum absolute atomic E-state index is 1.05. The van der Waals surface area contributed by atoms with Crippen molar-refractivity contribution in [2.45, 2.75) is 20.8 Å². The summed E-state index contributed by atoms with van der Waals surface area (Å²) in [6.07, 6.45) is 7.85. The van der Waals surface area contributed by atoms with Gasteiger partial charge in [-0.05, 0) is 44.0 Å². The molecule has 0 radical (unpaired) electrons. The minimum Gasteiger partial charge on any atom is -0.265 e. The van der Waals surface area contributed by atoms with E-state index in [4.69, 9.17) is 0 Å². The summed E-state index contributed by atoms with van der Waals surface area (Å²) in [5.74, 6) is 0. The molecule has 0 aromatic carbocycles. The molecule has 0 aliphatic carbocycles. The van der Waals surface area contributed by atoms with Crippen molar-refractivity contribution in [1.82, 2.24) is 4.98 Å². The van der Waals surface area contributed by atoms with E-state index in [1.807, 2.05) is 19.1 Å². The highest BCUT2D eigenvalue weighted by atomic mass is 14.6. The van der Waals surface area contributed by atoms with Crippen LogP contribution in [0.3, 0.4) is 0 Å². The molecule has 1 aromatic heterocycles. The molecule has 15 heavy (non-hydrogen) atoms. The lowest BCUT2D eigenvalue weighted by Crippen LogP contribution is -1.83. The summed E-state index contributed by atoms with van der Waals surface area (Å²) in [4.78, 5) is 4.02. The number of pyridine rings is 1. The van der Waals surface area contributed by atoms with Crippen molar-refractivity contribution in [2.75, 3.05) is 0 Å². The van der Waals surface area contributed by atoms with Gasteiger partial charge in [0, 0.05) is 12.4 Å². The largest absolute Gasteiger partial charge is 0.265 e. The van der Waals surface area contributed by atoms with Crippen LogP contribution >= 0.6 is 0 Å². The van der Waals surface area contributed by atoms with Crippen LogP contribution in [0.15, 0.2) is 54.4 Å². The summed E-state index contributed by atoms with van der Waals surface area (Å²) in [6, 6.07) is 4.02. The second kappa shape index (κ2) is 5.30. The number of rotatable bonds is 3. The molecule has 0 saturated heterocycles. The second-order valence-electron chi connectivity index (χ2n) is 3.90. The molecule has 0 spiro atoms. The number of aromatic nitrogens is 1. The maximum atomic E-state index is 4.02. The smallest absolute Gasteiger partial charge is 0.0273 e. The molecule has 0 aliphatic heterocycles. The first kappa shape index (κ1) is 11.4. The van der Waals surface area contributed by atoms with Gasteiger partial charge in [-0.2, -0.15) is 0 Å². The van der Waals surface area contributed by atoms with Gasteiger partial charge in [0.2, 0.25) is 0 Å². The molecule has 0 saturated carbocycles. The van der Waals surface area contributed by atoms with Crippen LogP contribution in [0, 0.1) is 0 Å². The number of hydrogen-bond acceptors (Lipinski definition) is 1. The van der Waals surface area contributed by atoms with Crippen LogP contribution in [-0.2, 0) is 0 Å². The van der Waals surface area contributed by atoms with Gasteiger partial charge in [-0.3, -0.25) is 4.98 Å². The fourth-order valence-electron chi connectivity index (χ4n) is 1.33. The van der Waals surface area contributed by atoms with Gasteiger partial charge in [0.25, 0.3) is 0 Å². The number of nitrogens with zero attached hydrogens (tertiary/aromatic N) is 1. The lowest BCUT2D eigenvalue weighted by Gasteiger charge is -2.03. The first-order chi connectivity index (χ1) is 7.09. The summed E-state index contributed by atoms with van der Waals surface area (Å²) in [7, 11) is 0. The quantitative estimate of drug-likeness (QED) is 0.670. The van der Waals surface area contributed by atoms with Gasteiger partial charge in [-0.25, -0.2) is 0 Å². The zero-order valence-electron chi connectivity index (χ0n) is 9.62. The molecule has 1 heterocycles. The van der Waals surface area contributed by atoms with Gasteiger partial charge >= 0.3 is 0 Å². The summed E-state index contributed by atoms with van der Waals surface area (Å²) < 4.78 is 0. The molecular weight excluding hydrogens is 182 g/mol. The van der Waals surface area contributed by atoms with E-state index >= 15 is 0 Å². The second-order valence-corrected chi connectivity index (χ2v) is 3.90. The molecule has 1 aromatic rings. The van der Waals surface area contributed by atoms with Gasteiger partial charge in [-0.1, -0.05) is 29.9 Å². The lowest BCUT2D eigenvalue weighted by molar-refractivity contribution is 1.31. The molecule has 0 atom stereocenters. The van der Waals surface area contributed by atoms with Crippen molar-refractivity contribution < 1.29 is 0 Å². The zero-order valence-corrected chi connectivity index (χ0v) is 9.62. The van der Waals surface area contributed by atoms with Crippen LogP contribution in [0.25, 0.3) is 5.57 Å². The Labute approximate surface area is 91.9 Å². The highest BCUT2D eigenvalue weighted by Crippen LogP contribution is 2.18. The van der Waals surface area contributed by atoms with Crippen molar-refractivity contribution in [3.8, 4) is 0 Å². The first-order valence-electron chi connectivity index (χ1n) is 5.02. The molecule has 78 valence electrons. The number of allylic oxidation sites excluding steroid dienone is 5. The first-order valence-corrected chi connectivity index (χ1v) is 5.02. The third-order valence-electron chi connectivity index (χ3n) is 1.86. The maximum absolute atomic E-state index is 4.02. The molecule has 1 rings (SSSR count).